The fraction of sp³-hybridized carbons (Fsp3) is 0.609. The van der Waals surface area contributed by atoms with Gasteiger partial charge in [0.2, 0.25) is 0 Å². The zero-order valence-corrected chi connectivity index (χ0v) is 18.3. The molecule has 166 valence electrons. The van der Waals surface area contributed by atoms with Crippen molar-refractivity contribution in [3.8, 4) is 5.75 Å². The van der Waals surface area contributed by atoms with Crippen molar-refractivity contribution in [3.05, 3.63) is 29.8 Å². The molecule has 4 atom stereocenters. The molecular weight excluding hydrogens is 388 g/mol. The molecule has 0 aliphatic heterocycles. The number of Topliss-reactive ketones (excluding diaryl/α,β-unsaturated/α-hetero) is 1. The van der Waals surface area contributed by atoms with Gasteiger partial charge in [-0.05, 0) is 36.5 Å². The average Bonchev–Trinajstić information content (AvgIpc) is 2.63. The van der Waals surface area contributed by atoms with E-state index in [1.54, 1.807) is 12.1 Å². The molecule has 0 spiro atoms. The summed E-state index contributed by atoms with van der Waals surface area (Å²) in [5, 5.41) is 20.7. The second-order valence-electron chi connectivity index (χ2n) is 9.12. The average molecular weight is 421 g/mol. The first-order chi connectivity index (χ1) is 13.9. The number of esters is 2. The van der Waals surface area contributed by atoms with Gasteiger partial charge in [0.15, 0.2) is 5.78 Å². The van der Waals surface area contributed by atoms with Gasteiger partial charge < -0.3 is 19.7 Å². The van der Waals surface area contributed by atoms with Crippen LogP contribution < -0.4 is 0 Å². The van der Waals surface area contributed by atoms with Gasteiger partial charge in [0.1, 0.15) is 11.7 Å². The Morgan fingerprint density at radius 3 is 2.03 bits per heavy atom. The fourth-order valence-corrected chi connectivity index (χ4v) is 3.79. The summed E-state index contributed by atoms with van der Waals surface area (Å²) in [6.45, 7) is 9.25. The smallest absolute Gasteiger partial charge is 0.317 e. The van der Waals surface area contributed by atoms with Crippen molar-refractivity contribution < 1.29 is 34.1 Å². The zero-order chi connectivity index (χ0) is 22.6. The number of aromatic hydroxyl groups is 1. The molecule has 0 radical (unpaired) electrons. The van der Waals surface area contributed by atoms with Gasteiger partial charge >= 0.3 is 11.9 Å². The Labute approximate surface area is 177 Å². The van der Waals surface area contributed by atoms with Gasteiger partial charge in [-0.2, -0.15) is 0 Å². The SMILES string of the molecule is CC(C)COC(=O)[C@@H]1C(=O)C[C@](C)(O)[C@H](C(=O)OCC(C)C)[C@H]1c1ccc(O)cc1. The normalized spacial score (nSPS) is 26.7. The van der Waals surface area contributed by atoms with Crippen molar-refractivity contribution in [3.63, 3.8) is 0 Å². The van der Waals surface area contributed by atoms with E-state index < -0.39 is 41.1 Å². The van der Waals surface area contributed by atoms with Crippen molar-refractivity contribution in [1.82, 2.24) is 0 Å². The summed E-state index contributed by atoms with van der Waals surface area (Å²) in [5.41, 5.74) is -1.22. The molecular formula is C23H32O7. The Morgan fingerprint density at radius 1 is 1.03 bits per heavy atom. The number of rotatable bonds is 7. The third kappa shape index (κ3) is 5.59. The highest BCUT2D eigenvalue weighted by molar-refractivity contribution is 6.02. The number of carbonyl (C=O) groups excluding carboxylic acids is 3. The topological polar surface area (TPSA) is 110 Å². The molecule has 0 heterocycles. The largest absolute Gasteiger partial charge is 0.508 e. The first kappa shape index (κ1) is 23.9. The lowest BCUT2D eigenvalue weighted by atomic mass is 9.61. The maximum absolute atomic E-state index is 13.0. The molecule has 1 aromatic rings. The summed E-state index contributed by atoms with van der Waals surface area (Å²) >= 11 is 0. The molecule has 30 heavy (non-hydrogen) atoms. The quantitative estimate of drug-likeness (QED) is 0.515. The summed E-state index contributed by atoms with van der Waals surface area (Å²) in [4.78, 5) is 38.8. The van der Waals surface area contributed by atoms with Crippen molar-refractivity contribution in [1.29, 1.82) is 0 Å². The molecule has 1 aliphatic rings. The predicted octanol–water partition coefficient (Wildman–Crippen LogP) is 2.83. The maximum atomic E-state index is 13.0. The number of ketones is 1. The van der Waals surface area contributed by atoms with E-state index in [4.69, 9.17) is 9.47 Å². The number of hydrogen-bond donors (Lipinski definition) is 2. The minimum atomic E-state index is -1.69. The number of phenols is 1. The highest BCUT2D eigenvalue weighted by Gasteiger charge is 2.57. The van der Waals surface area contributed by atoms with E-state index in [-0.39, 0.29) is 37.2 Å². The minimum Gasteiger partial charge on any atom is -0.508 e. The molecule has 1 aliphatic carbocycles. The maximum Gasteiger partial charge on any atom is 0.317 e. The van der Waals surface area contributed by atoms with Crippen LogP contribution in [0.2, 0.25) is 0 Å². The van der Waals surface area contributed by atoms with Crippen molar-refractivity contribution in [2.24, 2.45) is 23.7 Å². The van der Waals surface area contributed by atoms with Crippen LogP contribution in [0, 0.1) is 23.7 Å². The predicted molar refractivity (Wildman–Crippen MR) is 110 cm³/mol. The highest BCUT2D eigenvalue weighted by atomic mass is 16.5. The van der Waals surface area contributed by atoms with Gasteiger partial charge in [-0.1, -0.05) is 39.8 Å². The first-order valence-electron chi connectivity index (χ1n) is 10.3. The molecule has 1 fully saturated rings. The van der Waals surface area contributed by atoms with E-state index in [0.717, 1.165) is 0 Å². The molecule has 1 saturated carbocycles. The van der Waals surface area contributed by atoms with Crippen molar-refractivity contribution >= 4 is 17.7 Å². The second-order valence-corrected chi connectivity index (χ2v) is 9.12. The van der Waals surface area contributed by atoms with Gasteiger partial charge in [-0.15, -0.1) is 0 Å². The molecule has 0 amide bonds. The number of benzene rings is 1. The number of phenolic OH excluding ortho intramolecular Hbond substituents is 1. The fourth-order valence-electron chi connectivity index (χ4n) is 3.79. The van der Waals surface area contributed by atoms with Crippen LogP contribution in [0.5, 0.6) is 5.75 Å². The van der Waals surface area contributed by atoms with Crippen LogP contribution in [0.25, 0.3) is 0 Å². The molecule has 7 nitrogen and oxygen atoms in total. The van der Waals surface area contributed by atoms with E-state index in [9.17, 15) is 24.6 Å². The van der Waals surface area contributed by atoms with Gasteiger partial charge in [0.05, 0.1) is 24.7 Å². The van der Waals surface area contributed by atoms with E-state index in [0.29, 0.717) is 5.56 Å². The van der Waals surface area contributed by atoms with Crippen LogP contribution >= 0.6 is 0 Å². The number of hydrogen-bond acceptors (Lipinski definition) is 7. The van der Waals surface area contributed by atoms with E-state index in [2.05, 4.69) is 0 Å². The Balaban J connectivity index is 2.51. The monoisotopic (exact) mass is 420 g/mol. The molecule has 7 heteroatoms. The van der Waals surface area contributed by atoms with Crippen LogP contribution in [0.15, 0.2) is 24.3 Å². The zero-order valence-electron chi connectivity index (χ0n) is 18.3. The molecule has 0 bridgehead atoms. The number of ether oxygens (including phenoxy) is 2. The Kier molecular flexibility index (Phi) is 7.64. The van der Waals surface area contributed by atoms with E-state index in [1.807, 2.05) is 27.7 Å². The Bertz CT molecular complexity index is 764. The van der Waals surface area contributed by atoms with Gasteiger partial charge in [0, 0.05) is 12.3 Å². The molecule has 0 unspecified atom stereocenters. The minimum absolute atomic E-state index is 0.00511. The van der Waals surface area contributed by atoms with Crippen LogP contribution in [0.1, 0.15) is 52.5 Å². The molecule has 2 rings (SSSR count). The molecule has 2 N–H and O–H groups in total. The third-order valence-electron chi connectivity index (χ3n) is 5.17. The summed E-state index contributed by atoms with van der Waals surface area (Å²) in [6.07, 6.45) is -0.357. The molecule has 0 aromatic heterocycles. The molecule has 0 saturated heterocycles. The van der Waals surface area contributed by atoms with Crippen LogP contribution in [0.3, 0.4) is 0 Å². The lowest BCUT2D eigenvalue weighted by Gasteiger charge is -2.43. The standard InChI is InChI=1S/C23H32O7/c1-13(2)11-29-21(26)19-17(25)10-23(5,28)20(22(27)30-12-14(3)4)18(19)15-6-8-16(24)9-7-15/h6-9,13-14,18-20,24,28H,10-12H2,1-5H3/t18-,19+,20-,23-/m0/s1. The van der Waals surface area contributed by atoms with Gasteiger partial charge in [0.25, 0.3) is 0 Å². The lowest BCUT2D eigenvalue weighted by Crippen LogP contribution is -2.55. The summed E-state index contributed by atoms with van der Waals surface area (Å²) in [7, 11) is 0. The van der Waals surface area contributed by atoms with E-state index >= 15 is 0 Å². The van der Waals surface area contributed by atoms with Crippen molar-refractivity contribution in [2.45, 2.75) is 52.6 Å². The second kappa shape index (κ2) is 9.60. The van der Waals surface area contributed by atoms with Crippen molar-refractivity contribution in [2.75, 3.05) is 13.2 Å². The van der Waals surface area contributed by atoms with Gasteiger partial charge in [-0.25, -0.2) is 0 Å². The van der Waals surface area contributed by atoms with Crippen LogP contribution in [-0.2, 0) is 23.9 Å². The number of aliphatic hydroxyl groups is 1. The summed E-state index contributed by atoms with van der Waals surface area (Å²) in [5.74, 6) is -5.06. The van der Waals surface area contributed by atoms with E-state index in [1.165, 1.54) is 19.1 Å². The summed E-state index contributed by atoms with van der Waals surface area (Å²) in [6, 6.07) is 5.91. The first-order valence-corrected chi connectivity index (χ1v) is 10.3. The lowest BCUT2D eigenvalue weighted by molar-refractivity contribution is -0.173. The highest BCUT2D eigenvalue weighted by Crippen LogP contribution is 2.47. The Hall–Kier alpha value is -2.41. The third-order valence-corrected chi connectivity index (χ3v) is 5.17. The molecule has 1 aromatic carbocycles. The van der Waals surface area contributed by atoms with Gasteiger partial charge in [-0.3, -0.25) is 14.4 Å². The number of carbonyl (C=O) groups is 3. The van der Waals surface area contributed by atoms with Crippen LogP contribution in [0.4, 0.5) is 0 Å². The Morgan fingerprint density at radius 2 is 1.53 bits per heavy atom. The summed E-state index contributed by atoms with van der Waals surface area (Å²) < 4.78 is 10.7. The van der Waals surface area contributed by atoms with Crippen LogP contribution in [-0.4, -0.2) is 46.7 Å².